The summed E-state index contributed by atoms with van der Waals surface area (Å²) in [5, 5.41) is 2.19. The minimum Gasteiger partial charge on any atom is -0.444 e. The van der Waals surface area contributed by atoms with Gasteiger partial charge < -0.3 is 19.9 Å². The predicted molar refractivity (Wildman–Crippen MR) is 108 cm³/mol. The zero-order chi connectivity index (χ0) is 22.5. The second-order valence-corrected chi connectivity index (χ2v) is 8.26. The lowest BCUT2D eigenvalue weighted by Gasteiger charge is -2.35. The highest BCUT2D eigenvalue weighted by atomic mass is 19.1. The van der Waals surface area contributed by atoms with Gasteiger partial charge in [-0.15, -0.1) is 0 Å². The van der Waals surface area contributed by atoms with Gasteiger partial charge in [-0.25, -0.2) is 13.6 Å². The van der Waals surface area contributed by atoms with Crippen LogP contribution in [-0.2, 0) is 14.3 Å². The number of hydrogen-bond acceptors (Lipinski definition) is 4. The Morgan fingerprint density at radius 2 is 1.87 bits per heavy atom. The zero-order valence-electron chi connectivity index (χ0n) is 17.8. The van der Waals surface area contributed by atoms with E-state index < -0.39 is 40.8 Å². The van der Waals surface area contributed by atoms with Crippen LogP contribution in [-0.4, -0.2) is 59.5 Å². The average Bonchev–Trinajstić information content (AvgIpc) is 2.67. The number of halogens is 2. The molecule has 166 valence electrons. The van der Waals surface area contributed by atoms with Gasteiger partial charge in [-0.2, -0.15) is 0 Å². The second kappa shape index (κ2) is 9.86. The van der Waals surface area contributed by atoms with E-state index in [9.17, 15) is 23.2 Å². The first-order valence-corrected chi connectivity index (χ1v) is 10.0. The molecule has 1 saturated heterocycles. The molecule has 2 rings (SSSR count). The molecule has 0 spiro atoms. The second-order valence-electron chi connectivity index (χ2n) is 8.26. The van der Waals surface area contributed by atoms with Crippen LogP contribution in [0.1, 0.15) is 40.5 Å². The maximum absolute atomic E-state index is 13.7. The Kier molecular flexibility index (Phi) is 7.75. The van der Waals surface area contributed by atoms with Crippen molar-refractivity contribution in [3.05, 3.63) is 29.8 Å². The third-order valence-corrected chi connectivity index (χ3v) is 4.68. The number of ether oxygens (including phenoxy) is 1. The van der Waals surface area contributed by atoms with Gasteiger partial charge in [0.05, 0.1) is 12.5 Å². The predicted octanol–water partition coefficient (Wildman–Crippen LogP) is 3.40. The van der Waals surface area contributed by atoms with E-state index in [1.165, 1.54) is 15.9 Å². The van der Waals surface area contributed by atoms with E-state index in [4.69, 9.17) is 4.74 Å². The Labute approximate surface area is 175 Å². The number of hydrogen-bond donors (Lipinski definition) is 1. The number of piperidine rings is 1. The number of carbonyl (C=O) groups is 3. The third-order valence-electron chi connectivity index (χ3n) is 4.68. The minimum absolute atomic E-state index is 0.202. The molecular formula is C21H29F2N3O4. The van der Waals surface area contributed by atoms with E-state index in [-0.39, 0.29) is 25.5 Å². The van der Waals surface area contributed by atoms with Crippen LogP contribution >= 0.6 is 0 Å². The summed E-state index contributed by atoms with van der Waals surface area (Å²) < 4.78 is 32.8. The molecule has 0 saturated carbocycles. The number of nitrogens with one attached hydrogen (secondary N) is 1. The van der Waals surface area contributed by atoms with Crippen molar-refractivity contribution >= 4 is 23.6 Å². The van der Waals surface area contributed by atoms with Crippen LogP contribution in [0, 0.1) is 17.6 Å². The Balaban J connectivity index is 1.99. The number of likely N-dealkylation sites (tertiary alicyclic amines) is 1. The van der Waals surface area contributed by atoms with Crippen molar-refractivity contribution in [3.8, 4) is 0 Å². The van der Waals surface area contributed by atoms with E-state index in [0.717, 1.165) is 12.1 Å². The van der Waals surface area contributed by atoms with Crippen LogP contribution in [0.5, 0.6) is 0 Å². The van der Waals surface area contributed by atoms with E-state index >= 15 is 0 Å². The number of rotatable bonds is 5. The fraction of sp³-hybridized carbons (Fsp3) is 0.571. The molecule has 1 aliphatic rings. The molecule has 9 heteroatoms. The normalized spacial score (nSPS) is 16.7. The highest BCUT2D eigenvalue weighted by molar-refractivity contribution is 5.95. The molecule has 7 nitrogen and oxygen atoms in total. The van der Waals surface area contributed by atoms with Crippen molar-refractivity contribution in [2.45, 2.75) is 46.1 Å². The lowest BCUT2D eigenvalue weighted by molar-refractivity contribution is -0.139. The maximum Gasteiger partial charge on any atom is 0.410 e. The molecule has 1 atom stereocenters. The van der Waals surface area contributed by atoms with Gasteiger partial charge >= 0.3 is 6.09 Å². The van der Waals surface area contributed by atoms with Crippen LogP contribution in [0.15, 0.2) is 18.2 Å². The first kappa shape index (κ1) is 23.6. The van der Waals surface area contributed by atoms with Crippen LogP contribution in [0.2, 0.25) is 0 Å². The smallest absolute Gasteiger partial charge is 0.410 e. The molecule has 1 aliphatic heterocycles. The van der Waals surface area contributed by atoms with E-state index in [0.29, 0.717) is 19.4 Å². The van der Waals surface area contributed by atoms with Crippen molar-refractivity contribution in [2.75, 3.05) is 31.5 Å². The number of anilines is 1. The van der Waals surface area contributed by atoms with Crippen LogP contribution in [0.25, 0.3) is 0 Å². The lowest BCUT2D eigenvalue weighted by atomic mass is 9.96. The van der Waals surface area contributed by atoms with Crippen LogP contribution in [0.3, 0.4) is 0 Å². The quantitative estimate of drug-likeness (QED) is 0.784. The monoisotopic (exact) mass is 425 g/mol. The van der Waals surface area contributed by atoms with Gasteiger partial charge in [-0.3, -0.25) is 9.59 Å². The summed E-state index contributed by atoms with van der Waals surface area (Å²) in [4.78, 5) is 40.3. The summed E-state index contributed by atoms with van der Waals surface area (Å²) in [5.74, 6) is -3.23. The van der Waals surface area contributed by atoms with E-state index in [1.54, 1.807) is 27.7 Å². The van der Waals surface area contributed by atoms with Crippen molar-refractivity contribution in [1.82, 2.24) is 9.80 Å². The summed E-state index contributed by atoms with van der Waals surface area (Å²) in [5.41, 5.74) is -1.18. The fourth-order valence-corrected chi connectivity index (χ4v) is 3.24. The summed E-state index contributed by atoms with van der Waals surface area (Å²) >= 11 is 0. The molecule has 1 N–H and O–H groups in total. The first-order chi connectivity index (χ1) is 14.0. The maximum atomic E-state index is 13.7. The zero-order valence-corrected chi connectivity index (χ0v) is 17.8. The molecule has 0 bridgehead atoms. The molecule has 30 heavy (non-hydrogen) atoms. The number of nitrogens with zero attached hydrogens (tertiary/aromatic N) is 2. The van der Waals surface area contributed by atoms with Crippen molar-refractivity contribution in [2.24, 2.45) is 5.92 Å². The fourth-order valence-electron chi connectivity index (χ4n) is 3.24. The van der Waals surface area contributed by atoms with Gasteiger partial charge in [0.1, 0.15) is 22.9 Å². The topological polar surface area (TPSA) is 79.0 Å². The largest absolute Gasteiger partial charge is 0.444 e. The molecular weight excluding hydrogens is 396 g/mol. The van der Waals surface area contributed by atoms with Gasteiger partial charge in [-0.05, 0) is 52.7 Å². The molecule has 0 aliphatic carbocycles. The highest BCUT2D eigenvalue weighted by Gasteiger charge is 2.33. The number of benzene rings is 1. The van der Waals surface area contributed by atoms with Crippen molar-refractivity contribution in [3.63, 3.8) is 0 Å². The molecule has 1 fully saturated rings. The summed E-state index contributed by atoms with van der Waals surface area (Å²) in [6.07, 6.45) is 0.744. The Morgan fingerprint density at radius 3 is 2.43 bits per heavy atom. The van der Waals surface area contributed by atoms with Gasteiger partial charge in [0.15, 0.2) is 0 Å². The average molecular weight is 425 g/mol. The van der Waals surface area contributed by atoms with Crippen LogP contribution < -0.4 is 5.32 Å². The number of likely N-dealkylation sites (N-methyl/N-ethyl adjacent to an activating group) is 1. The van der Waals surface area contributed by atoms with Crippen molar-refractivity contribution in [1.29, 1.82) is 0 Å². The number of para-hydroxylation sites is 1. The SMILES string of the molecule is CCN(CC(=O)Nc1c(F)cccc1F)C(=O)[C@H]1CCCN(C(=O)OC(C)(C)C)C1. The Bertz CT molecular complexity index is 775. The van der Waals surface area contributed by atoms with Gasteiger partial charge in [0, 0.05) is 19.6 Å². The lowest BCUT2D eigenvalue weighted by Crippen LogP contribution is -2.49. The molecule has 0 aromatic heterocycles. The summed E-state index contributed by atoms with van der Waals surface area (Å²) in [6.45, 7) is 7.63. The molecule has 0 unspecified atom stereocenters. The standard InChI is InChI=1S/C21H29F2N3O4/c1-5-25(13-17(27)24-18-15(22)9-6-10-16(18)23)19(28)14-8-7-11-26(12-14)20(29)30-21(2,3)4/h6,9-10,14H,5,7-8,11-13H2,1-4H3,(H,24,27)/t14-/m0/s1. The summed E-state index contributed by atoms with van der Waals surface area (Å²) in [6, 6.07) is 3.27. The summed E-state index contributed by atoms with van der Waals surface area (Å²) in [7, 11) is 0. The van der Waals surface area contributed by atoms with Gasteiger partial charge in [0.25, 0.3) is 0 Å². The molecule has 1 heterocycles. The van der Waals surface area contributed by atoms with E-state index in [2.05, 4.69) is 5.32 Å². The Hall–Kier alpha value is -2.71. The number of amides is 3. The van der Waals surface area contributed by atoms with Crippen molar-refractivity contribution < 1.29 is 27.9 Å². The third kappa shape index (κ3) is 6.40. The molecule has 0 radical (unpaired) electrons. The molecule has 3 amide bonds. The van der Waals surface area contributed by atoms with Gasteiger partial charge in [0.2, 0.25) is 11.8 Å². The number of carbonyl (C=O) groups excluding carboxylic acids is 3. The minimum atomic E-state index is -0.891. The first-order valence-electron chi connectivity index (χ1n) is 10.0. The Morgan fingerprint density at radius 1 is 1.23 bits per heavy atom. The van der Waals surface area contributed by atoms with Gasteiger partial charge in [-0.1, -0.05) is 6.07 Å². The molecule has 1 aromatic rings. The molecule has 1 aromatic carbocycles. The van der Waals surface area contributed by atoms with E-state index in [1.807, 2.05) is 0 Å². The highest BCUT2D eigenvalue weighted by Crippen LogP contribution is 2.22. The van der Waals surface area contributed by atoms with Crippen LogP contribution in [0.4, 0.5) is 19.3 Å².